The molecule has 19 atom stereocenters. The van der Waals surface area contributed by atoms with Gasteiger partial charge in [-0.2, -0.15) is 0 Å². The van der Waals surface area contributed by atoms with Gasteiger partial charge in [-0.05, 0) is 143 Å². The number of benzene rings is 1. The molecule has 3 N–H and O–H groups in total. The molecule has 5 saturated carbocycles. The molecule has 4 bridgehead atoms. The molecule has 0 radical (unpaired) electrons. The Bertz CT molecular complexity index is 2620. The van der Waals surface area contributed by atoms with Crippen LogP contribution in [0.3, 0.4) is 0 Å². The lowest BCUT2D eigenvalue weighted by molar-refractivity contribution is -0.295. The van der Waals surface area contributed by atoms with Crippen LogP contribution in [0.1, 0.15) is 127 Å². The van der Waals surface area contributed by atoms with Crippen molar-refractivity contribution in [3.05, 3.63) is 71.8 Å². The summed E-state index contributed by atoms with van der Waals surface area (Å²) >= 11 is 0. The molecule has 5 saturated heterocycles. The van der Waals surface area contributed by atoms with Crippen LogP contribution < -0.4 is 5.32 Å². The van der Waals surface area contributed by atoms with Gasteiger partial charge in [0.15, 0.2) is 17.5 Å². The molecule has 6 aliphatic heterocycles. The van der Waals surface area contributed by atoms with Gasteiger partial charge >= 0.3 is 11.9 Å². The SMILES string of the molecule is CC1(C2CCCCC2)OC2CC(=O)OCC23C1C(=O)C(O)C12C4CC(Cc5ccccc5)CCC4C#CCC4(c5ccoc5CC(CO)C5CCC6C(C=CN7CNCC67)C5)OC(=O)C5OC51C4(C)CCC32. The number of aliphatic hydroxyl groups excluding tert-OH is 2. The van der Waals surface area contributed by atoms with Gasteiger partial charge < -0.3 is 38.5 Å². The molecule has 12 nitrogen and oxygen atoms in total. The Labute approximate surface area is 424 Å². The second-order valence-electron chi connectivity index (χ2n) is 25.6. The van der Waals surface area contributed by atoms with Gasteiger partial charge in [-0.15, -0.1) is 0 Å². The number of epoxide rings is 1. The maximum Gasteiger partial charge on any atom is 0.339 e. The van der Waals surface area contributed by atoms with E-state index in [-0.39, 0.29) is 73.3 Å². The number of cyclic esters (lactones) is 1. The first-order valence-corrected chi connectivity index (χ1v) is 28.2. The van der Waals surface area contributed by atoms with Crippen LogP contribution in [0.4, 0.5) is 0 Å². The van der Waals surface area contributed by atoms with Crippen molar-refractivity contribution in [1.29, 1.82) is 0 Å². The zero-order valence-corrected chi connectivity index (χ0v) is 42.2. The molecule has 2 aromatic rings. The normalized spacial score (nSPS) is 48.0. The zero-order chi connectivity index (χ0) is 49.0. The largest absolute Gasteiger partial charge is 0.469 e. The van der Waals surface area contributed by atoms with E-state index in [1.807, 2.05) is 12.1 Å². The van der Waals surface area contributed by atoms with Crippen LogP contribution in [0.5, 0.6) is 0 Å². The van der Waals surface area contributed by atoms with Gasteiger partial charge in [0.05, 0.1) is 43.4 Å². The third-order valence-electron chi connectivity index (χ3n) is 23.2. The maximum absolute atomic E-state index is 16.5. The Morgan fingerprint density at radius 2 is 1.81 bits per heavy atom. The fraction of sp³-hybridized carbons (Fsp3) is 0.717. The molecular formula is C60H74N2O10. The zero-order valence-electron chi connectivity index (χ0n) is 42.2. The lowest BCUT2D eigenvalue weighted by atomic mass is 9.31. The van der Waals surface area contributed by atoms with E-state index in [9.17, 15) is 15.0 Å². The summed E-state index contributed by atoms with van der Waals surface area (Å²) in [4.78, 5) is 47.9. The number of hydrogen-bond acceptors (Lipinski definition) is 12. The Morgan fingerprint density at radius 3 is 2.64 bits per heavy atom. The molecule has 3 spiro atoms. The number of furan rings is 1. The molecule has 6 aliphatic carbocycles. The summed E-state index contributed by atoms with van der Waals surface area (Å²) < 4.78 is 34.8. The van der Waals surface area contributed by atoms with Gasteiger partial charge in [0.2, 0.25) is 0 Å². The van der Waals surface area contributed by atoms with Crippen LogP contribution in [0.2, 0.25) is 0 Å². The quantitative estimate of drug-likeness (QED) is 0.137. The molecule has 7 heterocycles. The maximum atomic E-state index is 16.5. The van der Waals surface area contributed by atoms with Crippen molar-refractivity contribution in [3.63, 3.8) is 0 Å². The minimum absolute atomic E-state index is 0.00540. The van der Waals surface area contributed by atoms with E-state index >= 15 is 9.59 Å². The van der Waals surface area contributed by atoms with Gasteiger partial charge in [-0.1, -0.05) is 74.4 Å². The van der Waals surface area contributed by atoms with Gasteiger partial charge in [0, 0.05) is 53.3 Å². The third-order valence-corrected chi connectivity index (χ3v) is 23.2. The lowest BCUT2D eigenvalue weighted by Crippen LogP contribution is -2.81. The average Bonchev–Trinajstić information content (AvgIpc) is 3.69. The van der Waals surface area contributed by atoms with Crippen molar-refractivity contribution in [2.45, 2.75) is 164 Å². The number of ketones is 1. The number of allylic oxidation sites excluding steroid dienone is 1. The molecule has 10 fully saturated rings. The first kappa shape index (κ1) is 46.5. The first-order valence-electron chi connectivity index (χ1n) is 28.2. The molecule has 1 aromatic carbocycles. The lowest BCUT2D eigenvalue weighted by Gasteiger charge is -2.71. The highest BCUT2D eigenvalue weighted by molar-refractivity contribution is 5.92. The molecule has 19 unspecified atom stereocenters. The summed E-state index contributed by atoms with van der Waals surface area (Å²) in [5, 5.41) is 28.9. The first-order chi connectivity index (χ1) is 34.9. The van der Waals surface area contributed by atoms with Crippen molar-refractivity contribution >= 4 is 17.7 Å². The smallest absolute Gasteiger partial charge is 0.339 e. The van der Waals surface area contributed by atoms with Crippen LogP contribution in [-0.4, -0.2) is 94.8 Å². The van der Waals surface area contributed by atoms with Crippen molar-refractivity contribution in [3.8, 4) is 11.8 Å². The van der Waals surface area contributed by atoms with E-state index in [2.05, 4.69) is 72.4 Å². The molecular weight excluding hydrogens is 909 g/mol. The highest BCUT2D eigenvalue weighted by atomic mass is 16.7. The summed E-state index contributed by atoms with van der Waals surface area (Å²) in [5.74, 6) is 7.05. The molecule has 0 amide bonds. The van der Waals surface area contributed by atoms with Crippen LogP contribution in [0.25, 0.3) is 0 Å². The van der Waals surface area contributed by atoms with Crippen molar-refractivity contribution in [2.24, 2.45) is 75.4 Å². The molecule has 1 aromatic heterocycles. The van der Waals surface area contributed by atoms with Gasteiger partial charge in [0.1, 0.15) is 24.1 Å². The number of Topliss-reactive ketones (excluding diaryl/α,β-unsaturated/α-hetero) is 1. The molecule has 384 valence electrons. The molecule has 72 heavy (non-hydrogen) atoms. The second kappa shape index (κ2) is 16.5. The van der Waals surface area contributed by atoms with Crippen LogP contribution >= 0.6 is 0 Å². The van der Waals surface area contributed by atoms with E-state index < -0.39 is 69.2 Å². The highest BCUT2D eigenvalue weighted by Crippen LogP contribution is 2.84. The number of fused-ring (bicyclic) bond motifs is 4. The van der Waals surface area contributed by atoms with E-state index in [1.165, 1.54) is 5.56 Å². The molecule has 12 heteroatoms. The van der Waals surface area contributed by atoms with Gasteiger partial charge in [-0.25, -0.2) is 4.79 Å². The summed E-state index contributed by atoms with van der Waals surface area (Å²) in [6.45, 7) is 6.26. The Balaban J connectivity index is 0.913. The van der Waals surface area contributed by atoms with Crippen LogP contribution in [0, 0.1) is 87.3 Å². The number of nitrogens with zero attached hydrogens (tertiary/aromatic N) is 1. The number of esters is 2. The standard InChI is InChI=1S/C60H74N2O10/c1-55-23-19-47-57-33-69-49(64)30-48(57)70-56(2,41-13-7-4-8-14-41)51(57)50(65)52(66)59(47)44-27-36(26-35-10-5-3-6-11-35)15-16-37(44)12-9-22-58(55,72-54(67)53-60(55,59)71-53)43-21-25-68-46(43)29-40(32-63)38-17-18-42-39(28-38)20-24-62-34-61-31-45(42)62/h3,5-6,10-11,20-21,24-25,36-42,44-45,47-48,51-53,61,63,66H,4,7-8,13-19,22-23,26-34H2,1-2H3. The third kappa shape index (κ3) is 5.98. The second-order valence-corrected chi connectivity index (χ2v) is 25.6. The van der Waals surface area contributed by atoms with Gasteiger partial charge in [-0.3, -0.25) is 14.9 Å². The van der Waals surface area contributed by atoms with E-state index in [0.29, 0.717) is 49.3 Å². The fourth-order valence-electron chi connectivity index (χ4n) is 20.2. The van der Waals surface area contributed by atoms with E-state index in [1.54, 1.807) is 6.26 Å². The van der Waals surface area contributed by atoms with E-state index in [0.717, 1.165) is 89.4 Å². The summed E-state index contributed by atoms with van der Waals surface area (Å²) in [5.41, 5.74) is -4.91. The highest BCUT2D eigenvalue weighted by Gasteiger charge is 2.95. The summed E-state index contributed by atoms with van der Waals surface area (Å²) in [6, 6.07) is 13.1. The minimum atomic E-state index is -1.50. The predicted octanol–water partition coefficient (Wildman–Crippen LogP) is 7.43. The fourth-order valence-corrected chi connectivity index (χ4v) is 20.2. The Hall–Kier alpha value is -3.99. The number of rotatable bonds is 8. The Kier molecular flexibility index (Phi) is 10.7. The topological polar surface area (TPSA) is 160 Å². The molecule has 14 rings (SSSR count). The molecule has 12 aliphatic rings. The minimum Gasteiger partial charge on any atom is -0.469 e. The van der Waals surface area contributed by atoms with E-state index in [4.69, 9.17) is 23.4 Å². The summed E-state index contributed by atoms with van der Waals surface area (Å²) in [6.07, 6.45) is 16.5. The van der Waals surface area contributed by atoms with Crippen LogP contribution in [0.15, 0.2) is 59.4 Å². The Morgan fingerprint density at radius 1 is 0.958 bits per heavy atom. The predicted molar refractivity (Wildman–Crippen MR) is 263 cm³/mol. The number of carbonyl (C=O) groups is 3. The van der Waals surface area contributed by atoms with Crippen LogP contribution in [-0.2, 0) is 51.8 Å². The number of carbonyl (C=O) groups excluding carboxylic acids is 3. The van der Waals surface area contributed by atoms with Gasteiger partial charge in [0.25, 0.3) is 0 Å². The number of ether oxygens (including phenoxy) is 4. The summed E-state index contributed by atoms with van der Waals surface area (Å²) in [7, 11) is 0. The average molecular weight is 983 g/mol. The number of nitrogens with one attached hydrogen (secondary N) is 1. The number of aliphatic hydroxyl groups is 2. The monoisotopic (exact) mass is 983 g/mol. The number of hydrogen-bond donors (Lipinski definition) is 3. The van der Waals surface area contributed by atoms with Crippen molar-refractivity contribution in [2.75, 3.05) is 26.4 Å². The van der Waals surface area contributed by atoms with Crippen molar-refractivity contribution in [1.82, 2.24) is 10.2 Å². The van der Waals surface area contributed by atoms with Crippen molar-refractivity contribution < 1.29 is 48.0 Å².